The summed E-state index contributed by atoms with van der Waals surface area (Å²) in [4.78, 5) is 12.1. The van der Waals surface area contributed by atoms with Gasteiger partial charge in [-0.1, -0.05) is 6.07 Å². The zero-order valence-corrected chi connectivity index (χ0v) is 13.4. The van der Waals surface area contributed by atoms with Crippen LogP contribution in [0.15, 0.2) is 18.2 Å². The molecule has 6 heteroatoms. The summed E-state index contributed by atoms with van der Waals surface area (Å²) in [5, 5.41) is 6.30. The second-order valence-electron chi connectivity index (χ2n) is 5.61. The molecule has 3 rings (SSSR count). The van der Waals surface area contributed by atoms with Crippen LogP contribution in [0.4, 0.5) is 5.69 Å². The summed E-state index contributed by atoms with van der Waals surface area (Å²) in [7, 11) is 0. The van der Waals surface area contributed by atoms with E-state index in [1.165, 1.54) is 12.8 Å². The van der Waals surface area contributed by atoms with Crippen molar-refractivity contribution in [2.24, 2.45) is 5.92 Å². The Labute approximate surface area is 137 Å². The van der Waals surface area contributed by atoms with Crippen LogP contribution < -0.4 is 20.1 Å². The average Bonchev–Trinajstić information content (AvgIpc) is 2.54. The fourth-order valence-electron chi connectivity index (χ4n) is 2.89. The summed E-state index contributed by atoms with van der Waals surface area (Å²) >= 11 is 0. The number of benzene rings is 1. The molecule has 5 nitrogen and oxygen atoms in total. The number of hydrogen-bond donors (Lipinski definition) is 2. The average molecular weight is 327 g/mol. The minimum atomic E-state index is 0. The van der Waals surface area contributed by atoms with Crippen LogP contribution in [0, 0.1) is 5.92 Å². The molecule has 2 aliphatic rings. The summed E-state index contributed by atoms with van der Waals surface area (Å²) in [6, 6.07) is 5.59. The summed E-state index contributed by atoms with van der Waals surface area (Å²) in [5.74, 6) is 2.08. The topological polar surface area (TPSA) is 59.6 Å². The van der Waals surface area contributed by atoms with Crippen molar-refractivity contribution in [3.05, 3.63) is 18.2 Å². The van der Waals surface area contributed by atoms with Crippen LogP contribution in [-0.4, -0.2) is 32.2 Å². The highest BCUT2D eigenvalue weighted by atomic mass is 35.5. The Balaban J connectivity index is 0.00000176. The molecule has 1 aromatic carbocycles. The van der Waals surface area contributed by atoms with Crippen LogP contribution in [0.2, 0.25) is 0 Å². The van der Waals surface area contributed by atoms with Gasteiger partial charge < -0.3 is 20.1 Å². The molecule has 0 aromatic heterocycles. The Hall–Kier alpha value is -1.46. The molecular weight excluding hydrogens is 304 g/mol. The normalized spacial score (nSPS) is 17.5. The Kier molecular flexibility index (Phi) is 6.34. The van der Waals surface area contributed by atoms with Crippen LogP contribution in [0.3, 0.4) is 0 Å². The summed E-state index contributed by atoms with van der Waals surface area (Å²) in [5.41, 5.74) is 0.711. The highest BCUT2D eigenvalue weighted by Crippen LogP contribution is 2.37. The third kappa shape index (κ3) is 4.27. The first kappa shape index (κ1) is 16.9. The molecule has 0 unspecified atom stereocenters. The van der Waals surface area contributed by atoms with Gasteiger partial charge in [-0.2, -0.15) is 0 Å². The molecule has 1 aromatic rings. The van der Waals surface area contributed by atoms with Gasteiger partial charge in [0.2, 0.25) is 5.91 Å². The van der Waals surface area contributed by atoms with Crippen LogP contribution in [-0.2, 0) is 4.79 Å². The fourth-order valence-corrected chi connectivity index (χ4v) is 2.89. The highest BCUT2D eigenvalue weighted by molar-refractivity contribution is 5.92. The Morgan fingerprint density at radius 2 is 2.00 bits per heavy atom. The zero-order chi connectivity index (χ0) is 14.5. The Bertz CT molecular complexity index is 504. The molecular formula is C16H23ClN2O3. The first-order valence-corrected chi connectivity index (χ1v) is 7.72. The van der Waals surface area contributed by atoms with Gasteiger partial charge in [-0.25, -0.2) is 0 Å². The van der Waals surface area contributed by atoms with E-state index in [-0.39, 0.29) is 18.3 Å². The lowest BCUT2D eigenvalue weighted by atomic mass is 9.93. The first-order valence-electron chi connectivity index (χ1n) is 7.72. The van der Waals surface area contributed by atoms with E-state index in [1.54, 1.807) is 0 Å². The van der Waals surface area contributed by atoms with Crippen LogP contribution in [0.1, 0.15) is 25.7 Å². The smallest absolute Gasteiger partial charge is 0.224 e. The number of ether oxygens (including phenoxy) is 2. The van der Waals surface area contributed by atoms with E-state index >= 15 is 0 Å². The monoisotopic (exact) mass is 326 g/mol. The van der Waals surface area contributed by atoms with Gasteiger partial charge >= 0.3 is 0 Å². The molecule has 2 heterocycles. The number of nitrogens with one attached hydrogen (secondary N) is 2. The number of hydrogen-bond acceptors (Lipinski definition) is 4. The van der Waals surface area contributed by atoms with Crippen molar-refractivity contribution in [3.63, 3.8) is 0 Å². The predicted molar refractivity (Wildman–Crippen MR) is 88.1 cm³/mol. The predicted octanol–water partition coefficient (Wildman–Crippen LogP) is 2.60. The quantitative estimate of drug-likeness (QED) is 0.893. The second-order valence-corrected chi connectivity index (χ2v) is 5.61. The fraction of sp³-hybridized carbons (Fsp3) is 0.562. The lowest BCUT2D eigenvalue weighted by Gasteiger charge is -2.23. The van der Waals surface area contributed by atoms with E-state index in [4.69, 9.17) is 9.47 Å². The second kappa shape index (κ2) is 8.25. The molecule has 1 fully saturated rings. The molecule has 22 heavy (non-hydrogen) atoms. The van der Waals surface area contributed by atoms with Crippen molar-refractivity contribution < 1.29 is 14.3 Å². The zero-order valence-electron chi connectivity index (χ0n) is 12.6. The first-order chi connectivity index (χ1) is 10.3. The molecule has 0 spiro atoms. The molecule has 0 saturated carbocycles. The van der Waals surface area contributed by atoms with Crippen molar-refractivity contribution in [1.82, 2.24) is 5.32 Å². The minimum absolute atomic E-state index is 0. The van der Waals surface area contributed by atoms with E-state index < -0.39 is 0 Å². The lowest BCUT2D eigenvalue weighted by Crippen LogP contribution is -2.28. The number of fused-ring (bicyclic) bond motifs is 1. The lowest BCUT2D eigenvalue weighted by molar-refractivity contribution is -0.116. The van der Waals surface area contributed by atoms with Gasteiger partial charge in [-0.05, 0) is 50.4 Å². The van der Waals surface area contributed by atoms with Crippen molar-refractivity contribution in [2.45, 2.75) is 25.7 Å². The van der Waals surface area contributed by atoms with Crippen molar-refractivity contribution in [2.75, 3.05) is 31.6 Å². The number of halogens is 1. The summed E-state index contributed by atoms with van der Waals surface area (Å²) in [6.45, 7) is 3.22. The van der Waals surface area contributed by atoms with Gasteiger partial charge in [-0.3, -0.25) is 4.79 Å². The SMILES string of the molecule is Cl.O=C(CCC1CCNCC1)Nc1cccc2c1OCCO2. The number of carbonyl (C=O) groups excluding carboxylic acids is 1. The maximum atomic E-state index is 12.1. The van der Waals surface area contributed by atoms with Crippen LogP contribution in [0.5, 0.6) is 11.5 Å². The molecule has 1 saturated heterocycles. The summed E-state index contributed by atoms with van der Waals surface area (Å²) in [6.07, 6.45) is 3.87. The van der Waals surface area contributed by atoms with E-state index in [1.807, 2.05) is 18.2 Å². The van der Waals surface area contributed by atoms with E-state index in [0.717, 1.165) is 19.5 Å². The molecule has 0 bridgehead atoms. The number of piperidine rings is 1. The molecule has 0 radical (unpaired) electrons. The number of rotatable bonds is 4. The molecule has 2 aliphatic heterocycles. The van der Waals surface area contributed by atoms with Gasteiger partial charge in [-0.15, -0.1) is 12.4 Å². The third-order valence-electron chi connectivity index (χ3n) is 4.08. The van der Waals surface area contributed by atoms with Gasteiger partial charge in [0, 0.05) is 6.42 Å². The van der Waals surface area contributed by atoms with E-state index in [0.29, 0.717) is 42.7 Å². The highest BCUT2D eigenvalue weighted by Gasteiger charge is 2.18. The van der Waals surface area contributed by atoms with Gasteiger partial charge in [0.25, 0.3) is 0 Å². The molecule has 1 amide bonds. The third-order valence-corrected chi connectivity index (χ3v) is 4.08. The minimum Gasteiger partial charge on any atom is -0.486 e. The number of anilines is 1. The number of para-hydroxylation sites is 1. The standard InChI is InChI=1S/C16H22N2O3.ClH/c19-15(5-4-12-6-8-17-9-7-12)18-13-2-1-3-14-16(13)21-11-10-20-14;/h1-3,12,17H,4-11H2,(H,18,19);1H. The molecule has 0 aliphatic carbocycles. The van der Waals surface area contributed by atoms with Crippen molar-refractivity contribution >= 4 is 24.0 Å². The maximum absolute atomic E-state index is 12.1. The van der Waals surface area contributed by atoms with Gasteiger partial charge in [0.05, 0.1) is 5.69 Å². The van der Waals surface area contributed by atoms with Gasteiger partial charge in [0.1, 0.15) is 13.2 Å². The van der Waals surface area contributed by atoms with Gasteiger partial charge in [0.15, 0.2) is 11.5 Å². The Morgan fingerprint density at radius 1 is 1.23 bits per heavy atom. The maximum Gasteiger partial charge on any atom is 0.224 e. The van der Waals surface area contributed by atoms with Crippen LogP contribution in [0.25, 0.3) is 0 Å². The number of amides is 1. The van der Waals surface area contributed by atoms with Crippen molar-refractivity contribution in [1.29, 1.82) is 0 Å². The number of carbonyl (C=O) groups is 1. The summed E-state index contributed by atoms with van der Waals surface area (Å²) < 4.78 is 11.1. The Morgan fingerprint density at radius 3 is 2.82 bits per heavy atom. The van der Waals surface area contributed by atoms with Crippen molar-refractivity contribution in [3.8, 4) is 11.5 Å². The van der Waals surface area contributed by atoms with E-state index in [2.05, 4.69) is 10.6 Å². The molecule has 0 atom stereocenters. The van der Waals surface area contributed by atoms with Crippen LogP contribution >= 0.6 is 12.4 Å². The van der Waals surface area contributed by atoms with E-state index in [9.17, 15) is 4.79 Å². The molecule has 2 N–H and O–H groups in total. The largest absolute Gasteiger partial charge is 0.486 e. The molecule has 122 valence electrons.